The van der Waals surface area contributed by atoms with Crippen molar-refractivity contribution in [3.8, 4) is 0 Å². The first-order chi connectivity index (χ1) is 45.5. The zero-order chi connectivity index (χ0) is 66.3. The first-order valence-corrected chi connectivity index (χ1v) is 41.9. The van der Waals surface area contributed by atoms with E-state index in [2.05, 4.69) is 67.8 Å². The van der Waals surface area contributed by atoms with Crippen molar-refractivity contribution >= 4 is 11.9 Å². The topological polar surface area (TPSA) is 95.9 Å². The fourth-order valence-electron chi connectivity index (χ4n) is 13.2. The van der Waals surface area contributed by atoms with Crippen LogP contribution in [0.1, 0.15) is 463 Å². The number of amides is 1. The van der Waals surface area contributed by atoms with Crippen molar-refractivity contribution < 1.29 is 24.5 Å². The Balaban J connectivity index is 3.37. The molecule has 0 aliphatic carbocycles. The normalized spacial score (nSPS) is 12.7. The molecule has 6 heteroatoms. The Bertz CT molecular complexity index is 1540. The van der Waals surface area contributed by atoms with Gasteiger partial charge in [-0.2, -0.15) is 0 Å². The van der Waals surface area contributed by atoms with Crippen LogP contribution in [0.4, 0.5) is 0 Å². The van der Waals surface area contributed by atoms with Gasteiger partial charge in [-0.15, -0.1) is 0 Å². The van der Waals surface area contributed by atoms with Gasteiger partial charge in [0.2, 0.25) is 5.91 Å². The summed E-state index contributed by atoms with van der Waals surface area (Å²) in [5.41, 5.74) is 0. The first-order valence-electron chi connectivity index (χ1n) is 41.9. The van der Waals surface area contributed by atoms with E-state index < -0.39 is 12.1 Å². The molecule has 0 aromatic carbocycles. The molecular formula is C86H163NO5. The van der Waals surface area contributed by atoms with Crippen LogP contribution in [-0.4, -0.2) is 47.4 Å². The molecule has 0 radical (unpaired) electrons. The van der Waals surface area contributed by atoms with Crippen LogP contribution in [0.15, 0.2) is 48.6 Å². The van der Waals surface area contributed by atoms with Gasteiger partial charge in [0.25, 0.3) is 0 Å². The Morgan fingerprint density at radius 1 is 0.304 bits per heavy atom. The second-order valence-electron chi connectivity index (χ2n) is 28.8. The number of esters is 1. The van der Waals surface area contributed by atoms with Gasteiger partial charge in [0.15, 0.2) is 0 Å². The quantitative estimate of drug-likeness (QED) is 0.0320. The highest BCUT2D eigenvalue weighted by molar-refractivity contribution is 5.76. The number of aliphatic hydroxyl groups is 2. The van der Waals surface area contributed by atoms with Gasteiger partial charge >= 0.3 is 5.97 Å². The predicted molar refractivity (Wildman–Crippen MR) is 407 cm³/mol. The molecule has 0 aromatic rings. The number of unbranched alkanes of at least 4 members (excludes halogenated alkanes) is 60. The highest BCUT2D eigenvalue weighted by atomic mass is 16.5. The van der Waals surface area contributed by atoms with E-state index >= 15 is 0 Å². The summed E-state index contributed by atoms with van der Waals surface area (Å²) in [6, 6.07) is -0.542. The van der Waals surface area contributed by atoms with Crippen molar-refractivity contribution in [1.29, 1.82) is 0 Å². The molecule has 0 bridgehead atoms. The minimum atomic E-state index is -0.665. The minimum absolute atomic E-state index is 0.00380. The van der Waals surface area contributed by atoms with Crippen molar-refractivity contribution in [2.24, 2.45) is 0 Å². The largest absolute Gasteiger partial charge is 0.466 e. The van der Waals surface area contributed by atoms with E-state index in [1.165, 1.54) is 372 Å². The van der Waals surface area contributed by atoms with Crippen molar-refractivity contribution in [3.05, 3.63) is 48.6 Å². The van der Waals surface area contributed by atoms with Crippen LogP contribution in [-0.2, 0) is 14.3 Å². The van der Waals surface area contributed by atoms with Crippen LogP contribution >= 0.6 is 0 Å². The Hall–Kier alpha value is -2.18. The number of hydrogen-bond acceptors (Lipinski definition) is 5. The number of carbonyl (C=O) groups is 2. The van der Waals surface area contributed by atoms with E-state index in [4.69, 9.17) is 4.74 Å². The van der Waals surface area contributed by atoms with E-state index in [0.717, 1.165) is 57.8 Å². The van der Waals surface area contributed by atoms with Crippen molar-refractivity contribution in [2.45, 2.75) is 475 Å². The molecule has 0 saturated heterocycles. The summed E-state index contributed by atoms with van der Waals surface area (Å²) >= 11 is 0. The monoisotopic (exact) mass is 1290 g/mol. The molecule has 3 N–H and O–H groups in total. The molecule has 2 unspecified atom stereocenters. The molecule has 0 aliphatic heterocycles. The van der Waals surface area contributed by atoms with Crippen molar-refractivity contribution in [3.63, 3.8) is 0 Å². The smallest absolute Gasteiger partial charge is 0.305 e. The summed E-state index contributed by atoms with van der Waals surface area (Å²) in [6.45, 7) is 4.93. The molecule has 542 valence electrons. The molecule has 0 aromatic heterocycles. The fourth-order valence-corrected chi connectivity index (χ4v) is 13.2. The lowest BCUT2D eigenvalue weighted by Gasteiger charge is -2.22. The third-order valence-corrected chi connectivity index (χ3v) is 19.6. The molecule has 1 amide bonds. The number of rotatable bonds is 79. The molecule has 0 saturated carbocycles. The average molecular weight is 1290 g/mol. The zero-order valence-corrected chi connectivity index (χ0v) is 62.3. The molecule has 0 fully saturated rings. The second-order valence-corrected chi connectivity index (χ2v) is 28.8. The number of ether oxygens (including phenoxy) is 1. The van der Waals surface area contributed by atoms with Gasteiger partial charge in [0.05, 0.1) is 25.4 Å². The molecule has 0 heterocycles. The fraction of sp³-hybridized carbons (Fsp3) is 0.884. The van der Waals surface area contributed by atoms with E-state index in [1.807, 2.05) is 0 Å². The summed E-state index contributed by atoms with van der Waals surface area (Å²) in [4.78, 5) is 24.6. The van der Waals surface area contributed by atoms with Crippen molar-refractivity contribution in [1.82, 2.24) is 5.32 Å². The Morgan fingerprint density at radius 3 is 0.870 bits per heavy atom. The predicted octanol–water partition coefficient (Wildman–Crippen LogP) is 27.9. The van der Waals surface area contributed by atoms with E-state index in [1.54, 1.807) is 0 Å². The maximum atomic E-state index is 12.6. The number of hydrogen-bond donors (Lipinski definition) is 3. The summed E-state index contributed by atoms with van der Waals surface area (Å²) in [5.74, 6) is -0.0228. The van der Waals surface area contributed by atoms with Crippen LogP contribution in [0.5, 0.6) is 0 Å². The Labute approximate surface area is 576 Å². The van der Waals surface area contributed by atoms with Crippen LogP contribution in [0.2, 0.25) is 0 Å². The third-order valence-electron chi connectivity index (χ3n) is 19.6. The van der Waals surface area contributed by atoms with E-state index in [9.17, 15) is 19.8 Å². The lowest BCUT2D eigenvalue weighted by molar-refractivity contribution is -0.143. The van der Waals surface area contributed by atoms with Crippen LogP contribution in [0.25, 0.3) is 0 Å². The summed E-state index contributed by atoms with van der Waals surface area (Å²) < 4.78 is 5.48. The van der Waals surface area contributed by atoms with E-state index in [0.29, 0.717) is 25.9 Å². The van der Waals surface area contributed by atoms with Crippen molar-refractivity contribution in [2.75, 3.05) is 13.2 Å². The highest BCUT2D eigenvalue weighted by Gasteiger charge is 2.20. The molecule has 2 atom stereocenters. The minimum Gasteiger partial charge on any atom is -0.466 e. The van der Waals surface area contributed by atoms with Gasteiger partial charge in [-0.05, 0) is 83.5 Å². The summed E-state index contributed by atoms with van der Waals surface area (Å²) in [7, 11) is 0. The van der Waals surface area contributed by atoms with Gasteiger partial charge in [0, 0.05) is 12.8 Å². The van der Waals surface area contributed by atoms with Gasteiger partial charge in [-0.25, -0.2) is 0 Å². The van der Waals surface area contributed by atoms with Gasteiger partial charge in [-0.1, -0.05) is 416 Å². The lowest BCUT2D eigenvalue weighted by atomic mass is 10.0. The molecule has 6 nitrogen and oxygen atoms in total. The van der Waals surface area contributed by atoms with E-state index in [-0.39, 0.29) is 18.5 Å². The lowest BCUT2D eigenvalue weighted by Crippen LogP contribution is -2.45. The second kappa shape index (κ2) is 81.2. The molecule has 0 aliphatic rings. The van der Waals surface area contributed by atoms with Crippen LogP contribution in [0, 0.1) is 0 Å². The number of aliphatic hydroxyl groups excluding tert-OH is 2. The number of carbonyl (C=O) groups excluding carboxylic acids is 2. The molecule has 0 rings (SSSR count). The summed E-state index contributed by atoms with van der Waals surface area (Å²) in [5, 5.41) is 23.5. The van der Waals surface area contributed by atoms with Gasteiger partial charge in [0.1, 0.15) is 0 Å². The maximum absolute atomic E-state index is 12.6. The maximum Gasteiger partial charge on any atom is 0.305 e. The molecule has 92 heavy (non-hydrogen) atoms. The number of nitrogens with one attached hydrogen (secondary N) is 1. The first kappa shape index (κ1) is 89.8. The Morgan fingerprint density at radius 2 is 0.565 bits per heavy atom. The summed E-state index contributed by atoms with van der Waals surface area (Å²) in [6.07, 6.45) is 108. The third kappa shape index (κ3) is 76.8. The highest BCUT2D eigenvalue weighted by Crippen LogP contribution is 2.20. The van der Waals surface area contributed by atoms with Crippen LogP contribution < -0.4 is 5.32 Å². The zero-order valence-electron chi connectivity index (χ0n) is 62.3. The molecule has 0 spiro atoms. The standard InChI is InChI=1S/C86H163NO5/c1-3-5-7-9-11-13-15-17-18-19-20-21-22-36-39-42-45-48-51-55-58-62-66-70-74-78-84(89)83(82-88)87-85(90)79-75-71-67-63-59-56-52-49-46-43-40-37-34-32-30-28-26-24-23-25-27-29-31-33-35-38-41-44-47-50-53-57-61-65-69-73-77-81-92-86(91)80-76-72-68-64-60-54-16-14-12-10-8-6-4-2/h8,10,14,16,23,25,29,31,83-84,88-89H,3-7,9,11-13,15,17-22,24,26-28,30,32-82H2,1-2H3,(H,87,90)/b10-8-,16-14-,25-23-,31-29-. The van der Waals surface area contributed by atoms with Gasteiger partial charge < -0.3 is 20.3 Å². The Kier molecular flexibility index (Phi) is 79.3. The van der Waals surface area contributed by atoms with Crippen LogP contribution in [0.3, 0.4) is 0 Å². The average Bonchev–Trinajstić information content (AvgIpc) is 3.55. The SMILES string of the molecule is CCC/C=C\C/C=C\CCCCCCCC(=O)OCCCCCCCCCCCCCCC/C=C\C/C=C\CCCCCCCCCCCCCCCCCCCC(=O)NC(CO)C(O)CCCCCCCCCCCCCCCCCCCCCCCCCCC. The van der Waals surface area contributed by atoms with Gasteiger partial charge in [-0.3, -0.25) is 9.59 Å². The number of allylic oxidation sites excluding steroid dienone is 8. The molecular weight excluding hydrogens is 1130 g/mol.